The van der Waals surface area contributed by atoms with Gasteiger partial charge in [0.05, 0.1) is 0 Å². The number of carbonyl (C=O) groups is 1. The first-order valence-electron chi connectivity index (χ1n) is 10.6. The molecule has 0 radical (unpaired) electrons. The highest BCUT2D eigenvalue weighted by Gasteiger charge is 2.81. The van der Waals surface area contributed by atoms with E-state index < -0.39 is 0 Å². The maximum Gasteiger partial charge on any atom is 0.229 e. The van der Waals surface area contributed by atoms with E-state index in [0.717, 1.165) is 52.3 Å². The third-order valence-electron chi connectivity index (χ3n) is 9.15. The third-order valence-corrected chi connectivity index (χ3v) is 9.15. The number of amides is 1. The lowest BCUT2D eigenvalue weighted by molar-refractivity contribution is -0.127. The number of carbonyl (C=O) groups excluding carboxylic acids is 1. The van der Waals surface area contributed by atoms with Gasteiger partial charge in [-0.05, 0) is 79.6 Å². The molecule has 2 N–H and O–H groups in total. The first-order valence-corrected chi connectivity index (χ1v) is 10.6. The smallest absolute Gasteiger partial charge is 0.229 e. The number of H-pyrrole nitrogens is 1. The van der Waals surface area contributed by atoms with Crippen LogP contribution < -0.4 is 5.32 Å². The molecule has 1 aromatic carbocycles. The summed E-state index contributed by atoms with van der Waals surface area (Å²) < 4.78 is 0. The van der Waals surface area contributed by atoms with Crippen molar-refractivity contribution >= 4 is 11.7 Å². The highest BCUT2D eigenvalue weighted by molar-refractivity contribution is 5.97. The maximum atomic E-state index is 13.4. The van der Waals surface area contributed by atoms with Crippen LogP contribution in [0.25, 0.3) is 11.1 Å². The minimum Gasteiger partial charge on any atom is -0.308 e. The summed E-state index contributed by atoms with van der Waals surface area (Å²) in [5.41, 5.74) is 4.39. The number of aromatic nitrogens is 2. The SMILES string of the molecule is Cc1ccc(-c2c(NC(=O)C3C4C5CC6C7C5CC4C7C63)n[nH]c2C)cc1. The van der Waals surface area contributed by atoms with Gasteiger partial charge in [0, 0.05) is 17.2 Å². The minimum absolute atomic E-state index is 0.244. The predicted molar refractivity (Wildman–Crippen MR) is 103 cm³/mol. The van der Waals surface area contributed by atoms with E-state index in [-0.39, 0.29) is 11.8 Å². The summed E-state index contributed by atoms with van der Waals surface area (Å²) in [4.78, 5) is 13.4. The van der Waals surface area contributed by atoms with Crippen molar-refractivity contribution in [3.05, 3.63) is 35.5 Å². The molecular weight excluding hydrogens is 334 g/mol. The van der Waals surface area contributed by atoms with E-state index in [9.17, 15) is 4.79 Å². The van der Waals surface area contributed by atoms with Crippen LogP contribution >= 0.6 is 0 Å². The maximum absolute atomic E-state index is 13.4. The van der Waals surface area contributed by atoms with Crippen molar-refractivity contribution in [1.82, 2.24) is 10.2 Å². The Morgan fingerprint density at radius 1 is 0.963 bits per heavy atom. The molecule has 4 heteroatoms. The van der Waals surface area contributed by atoms with Crippen LogP contribution in [0.4, 0.5) is 5.82 Å². The standard InChI is InChI=1S/C23H25N3O/c1-9-3-5-11(6-4-9)16-10(2)25-26-22(16)24-23(27)21-18-13-8-14-17-12(13)7-15(18)19(17)20(14)21/h3-6,12-15,17-21H,7-8H2,1-2H3,(H2,24,25,26,27). The van der Waals surface area contributed by atoms with Gasteiger partial charge in [-0.2, -0.15) is 5.10 Å². The number of anilines is 1. The molecule has 4 nitrogen and oxygen atoms in total. The van der Waals surface area contributed by atoms with Gasteiger partial charge in [0.2, 0.25) is 5.91 Å². The number of hydrogen-bond acceptors (Lipinski definition) is 2. The number of aryl methyl sites for hydroxylation is 2. The van der Waals surface area contributed by atoms with Crippen molar-refractivity contribution in [2.24, 2.45) is 53.3 Å². The van der Waals surface area contributed by atoms with Crippen molar-refractivity contribution < 1.29 is 4.79 Å². The zero-order valence-electron chi connectivity index (χ0n) is 15.8. The van der Waals surface area contributed by atoms with E-state index in [1.54, 1.807) is 0 Å². The van der Waals surface area contributed by atoms with Crippen LogP contribution in [-0.4, -0.2) is 16.1 Å². The van der Waals surface area contributed by atoms with Gasteiger partial charge < -0.3 is 5.32 Å². The number of nitrogens with one attached hydrogen (secondary N) is 2. The number of rotatable bonds is 3. The van der Waals surface area contributed by atoms with E-state index in [1.807, 2.05) is 6.92 Å². The van der Waals surface area contributed by atoms with Crippen molar-refractivity contribution in [3.8, 4) is 11.1 Å². The van der Waals surface area contributed by atoms with Crippen molar-refractivity contribution in [1.29, 1.82) is 0 Å². The average molecular weight is 359 g/mol. The number of benzene rings is 1. The summed E-state index contributed by atoms with van der Waals surface area (Å²) in [5.74, 6) is 7.98. The summed E-state index contributed by atoms with van der Waals surface area (Å²) >= 11 is 0. The fourth-order valence-corrected chi connectivity index (χ4v) is 8.62. The molecule has 27 heavy (non-hydrogen) atoms. The molecule has 138 valence electrons. The monoisotopic (exact) mass is 359 g/mol. The van der Waals surface area contributed by atoms with Crippen LogP contribution in [-0.2, 0) is 4.79 Å². The van der Waals surface area contributed by atoms with Crippen molar-refractivity contribution in [2.75, 3.05) is 5.32 Å². The van der Waals surface area contributed by atoms with E-state index in [0.29, 0.717) is 17.7 Å². The number of aromatic amines is 1. The molecule has 9 atom stereocenters. The highest BCUT2D eigenvalue weighted by atomic mass is 16.2. The molecule has 1 amide bonds. The van der Waals surface area contributed by atoms with Crippen LogP contribution in [0, 0.1) is 67.1 Å². The van der Waals surface area contributed by atoms with E-state index in [2.05, 4.69) is 46.7 Å². The van der Waals surface area contributed by atoms with Gasteiger partial charge in [-0.15, -0.1) is 0 Å². The lowest BCUT2D eigenvalue weighted by Gasteiger charge is -2.47. The summed E-state index contributed by atoms with van der Waals surface area (Å²) in [5, 5.41) is 10.8. The molecule has 9 unspecified atom stereocenters. The van der Waals surface area contributed by atoms with Gasteiger partial charge >= 0.3 is 0 Å². The first kappa shape index (κ1) is 14.9. The Morgan fingerprint density at radius 2 is 1.67 bits per heavy atom. The van der Waals surface area contributed by atoms with E-state index >= 15 is 0 Å². The largest absolute Gasteiger partial charge is 0.308 e. The Labute approximate surface area is 159 Å². The Morgan fingerprint density at radius 3 is 2.44 bits per heavy atom. The summed E-state index contributed by atoms with van der Waals surface area (Å²) in [7, 11) is 0. The molecule has 0 saturated heterocycles. The van der Waals surface area contributed by atoms with Gasteiger partial charge in [-0.3, -0.25) is 9.89 Å². The number of hydrogen-bond donors (Lipinski definition) is 2. The normalized spacial score (nSPS) is 44.1. The molecule has 2 aromatic rings. The van der Waals surface area contributed by atoms with Crippen LogP contribution in [0.15, 0.2) is 24.3 Å². The van der Waals surface area contributed by atoms with Gasteiger partial charge in [-0.1, -0.05) is 29.8 Å². The Kier molecular flexibility index (Phi) is 2.57. The molecule has 7 rings (SSSR count). The lowest BCUT2D eigenvalue weighted by Crippen LogP contribution is -2.47. The van der Waals surface area contributed by atoms with Crippen molar-refractivity contribution in [2.45, 2.75) is 26.7 Å². The van der Waals surface area contributed by atoms with Crippen LogP contribution in [0.2, 0.25) is 0 Å². The molecule has 1 heterocycles. The molecule has 5 saturated carbocycles. The average Bonchev–Trinajstić information content (AvgIpc) is 3.30. The van der Waals surface area contributed by atoms with E-state index in [1.165, 1.54) is 18.4 Å². The summed E-state index contributed by atoms with van der Waals surface area (Å²) in [6.45, 7) is 4.12. The second-order valence-corrected chi connectivity index (χ2v) is 9.89. The van der Waals surface area contributed by atoms with Gasteiger partial charge in [0.25, 0.3) is 0 Å². The fraction of sp³-hybridized carbons (Fsp3) is 0.565. The Balaban J connectivity index is 1.21. The highest BCUT2D eigenvalue weighted by Crippen LogP contribution is 2.84. The second-order valence-electron chi connectivity index (χ2n) is 9.89. The number of fused-ring (bicyclic) bond motifs is 2. The Bertz CT molecular complexity index is 970. The molecule has 5 aliphatic rings. The third kappa shape index (κ3) is 1.59. The topological polar surface area (TPSA) is 57.8 Å². The number of nitrogens with zero attached hydrogens (tertiary/aromatic N) is 1. The molecule has 5 aliphatic carbocycles. The molecule has 0 spiro atoms. The van der Waals surface area contributed by atoms with Crippen LogP contribution in [0.3, 0.4) is 0 Å². The second kappa shape index (κ2) is 4.65. The van der Waals surface area contributed by atoms with Gasteiger partial charge in [0.15, 0.2) is 5.82 Å². The first-order chi connectivity index (χ1) is 13.1. The van der Waals surface area contributed by atoms with Crippen LogP contribution in [0.1, 0.15) is 24.1 Å². The summed E-state index contributed by atoms with van der Waals surface area (Å²) in [6.07, 6.45) is 2.86. The molecular formula is C23H25N3O. The zero-order chi connectivity index (χ0) is 18.0. The summed E-state index contributed by atoms with van der Waals surface area (Å²) in [6, 6.07) is 8.46. The van der Waals surface area contributed by atoms with Crippen molar-refractivity contribution in [3.63, 3.8) is 0 Å². The molecule has 2 bridgehead atoms. The van der Waals surface area contributed by atoms with Crippen LogP contribution in [0.5, 0.6) is 0 Å². The lowest BCUT2D eigenvalue weighted by atomic mass is 9.57. The fourth-order valence-electron chi connectivity index (χ4n) is 8.62. The van der Waals surface area contributed by atoms with Gasteiger partial charge in [-0.25, -0.2) is 0 Å². The molecule has 1 aromatic heterocycles. The molecule has 5 fully saturated rings. The Hall–Kier alpha value is -2.10. The quantitative estimate of drug-likeness (QED) is 0.869. The van der Waals surface area contributed by atoms with E-state index in [4.69, 9.17) is 0 Å². The minimum atomic E-state index is 0.244. The predicted octanol–water partition coefficient (Wildman–Crippen LogP) is 4.03. The zero-order valence-corrected chi connectivity index (χ0v) is 15.8. The van der Waals surface area contributed by atoms with Gasteiger partial charge in [0.1, 0.15) is 0 Å². The molecule has 0 aliphatic heterocycles.